The van der Waals surface area contributed by atoms with Gasteiger partial charge in [-0.1, -0.05) is 36.4 Å². The number of carbonyl (C=O) groups excluding carboxylic acids is 1. The summed E-state index contributed by atoms with van der Waals surface area (Å²) >= 11 is 0. The van der Waals surface area contributed by atoms with Gasteiger partial charge in [0.15, 0.2) is 0 Å². The monoisotopic (exact) mass is 322 g/mol. The highest BCUT2D eigenvalue weighted by molar-refractivity contribution is 5.94. The number of benzene rings is 2. The van der Waals surface area contributed by atoms with Crippen LogP contribution in [0.1, 0.15) is 33.8 Å². The Hall–Kier alpha value is -2.68. The van der Waals surface area contributed by atoms with Crippen LogP contribution in [0.2, 0.25) is 0 Å². The molecule has 4 atom stereocenters. The maximum atomic E-state index is 12.5. The van der Waals surface area contributed by atoms with Crippen LogP contribution in [0.3, 0.4) is 0 Å². The molecular weight excluding hydrogens is 304 g/mol. The fraction of sp³-hybridized carbons (Fsp3) is 0.263. The van der Waals surface area contributed by atoms with Crippen molar-refractivity contribution in [1.82, 2.24) is 5.32 Å². The van der Waals surface area contributed by atoms with Gasteiger partial charge in [0.05, 0.1) is 23.8 Å². The van der Waals surface area contributed by atoms with Crippen molar-refractivity contribution in [2.75, 3.05) is 0 Å². The number of nitrogens with zero attached hydrogens (tertiary/aromatic N) is 1. The van der Waals surface area contributed by atoms with E-state index in [0.29, 0.717) is 17.5 Å². The standard InChI is InChI=1S/C19H18N2O3/c20-11-12-5-4-8-14(9-12)19(24)21-17-15(10-16(22)18(17)23)13-6-2-1-3-7-13/h1-9,15-18,22-23H,10H2,(H,21,24)/t15-,16-,17-,18-/m1/s1. The van der Waals surface area contributed by atoms with E-state index in [-0.39, 0.29) is 11.8 Å². The van der Waals surface area contributed by atoms with E-state index < -0.39 is 18.2 Å². The highest BCUT2D eigenvalue weighted by Gasteiger charge is 2.43. The molecule has 1 aliphatic carbocycles. The molecule has 0 saturated heterocycles. The number of nitrogens with one attached hydrogen (secondary N) is 1. The first-order chi connectivity index (χ1) is 11.6. The van der Waals surface area contributed by atoms with Crippen LogP contribution >= 0.6 is 0 Å². The summed E-state index contributed by atoms with van der Waals surface area (Å²) in [5.74, 6) is -0.537. The third kappa shape index (κ3) is 3.16. The van der Waals surface area contributed by atoms with Gasteiger partial charge < -0.3 is 15.5 Å². The third-order valence-electron chi connectivity index (χ3n) is 4.47. The number of aliphatic hydroxyl groups excluding tert-OH is 2. The van der Waals surface area contributed by atoms with E-state index in [2.05, 4.69) is 5.32 Å². The van der Waals surface area contributed by atoms with Crippen LogP contribution < -0.4 is 5.32 Å². The maximum Gasteiger partial charge on any atom is 0.251 e. The first-order valence-corrected chi connectivity index (χ1v) is 7.82. The summed E-state index contributed by atoms with van der Waals surface area (Å²) < 4.78 is 0. The largest absolute Gasteiger partial charge is 0.390 e. The second kappa shape index (κ2) is 6.83. The minimum absolute atomic E-state index is 0.167. The second-order valence-electron chi connectivity index (χ2n) is 6.00. The van der Waals surface area contributed by atoms with Gasteiger partial charge in [-0.2, -0.15) is 5.26 Å². The molecule has 0 unspecified atom stereocenters. The summed E-state index contributed by atoms with van der Waals surface area (Å²) in [7, 11) is 0. The highest BCUT2D eigenvalue weighted by atomic mass is 16.3. The van der Waals surface area contributed by atoms with Crippen LogP contribution in [0, 0.1) is 11.3 Å². The molecule has 0 spiro atoms. The van der Waals surface area contributed by atoms with E-state index in [1.807, 2.05) is 36.4 Å². The van der Waals surface area contributed by atoms with E-state index in [4.69, 9.17) is 5.26 Å². The van der Waals surface area contributed by atoms with Crippen LogP contribution in [0.5, 0.6) is 0 Å². The van der Waals surface area contributed by atoms with Gasteiger partial charge in [-0.25, -0.2) is 0 Å². The Morgan fingerprint density at radius 3 is 2.58 bits per heavy atom. The zero-order valence-electron chi connectivity index (χ0n) is 13.0. The summed E-state index contributed by atoms with van der Waals surface area (Å²) in [4.78, 5) is 12.5. The predicted octanol–water partition coefficient (Wildman–Crippen LogP) is 1.57. The molecule has 0 bridgehead atoms. The Morgan fingerprint density at radius 2 is 1.88 bits per heavy atom. The molecule has 5 nitrogen and oxygen atoms in total. The Labute approximate surface area is 140 Å². The van der Waals surface area contributed by atoms with Crippen molar-refractivity contribution in [2.45, 2.75) is 30.6 Å². The zero-order chi connectivity index (χ0) is 17.1. The van der Waals surface area contributed by atoms with E-state index >= 15 is 0 Å². The molecular formula is C19H18N2O3. The van der Waals surface area contributed by atoms with Crippen molar-refractivity contribution < 1.29 is 15.0 Å². The first-order valence-electron chi connectivity index (χ1n) is 7.82. The molecule has 0 aliphatic heterocycles. The predicted molar refractivity (Wildman–Crippen MR) is 88.2 cm³/mol. The molecule has 2 aromatic rings. The van der Waals surface area contributed by atoms with Gasteiger partial charge >= 0.3 is 0 Å². The van der Waals surface area contributed by atoms with Gasteiger partial charge in [-0.3, -0.25) is 4.79 Å². The molecule has 1 saturated carbocycles. The number of hydrogen-bond donors (Lipinski definition) is 3. The molecule has 1 aliphatic rings. The summed E-state index contributed by atoms with van der Waals surface area (Å²) in [6.07, 6.45) is -1.53. The van der Waals surface area contributed by atoms with Crippen molar-refractivity contribution in [2.24, 2.45) is 0 Å². The Kier molecular flexibility index (Phi) is 4.61. The normalized spacial score (nSPS) is 25.9. The average molecular weight is 322 g/mol. The van der Waals surface area contributed by atoms with Crippen LogP contribution in [0.15, 0.2) is 54.6 Å². The second-order valence-corrected chi connectivity index (χ2v) is 6.00. The van der Waals surface area contributed by atoms with Crippen molar-refractivity contribution in [3.05, 3.63) is 71.3 Å². The van der Waals surface area contributed by atoms with Gasteiger partial charge in [-0.15, -0.1) is 0 Å². The van der Waals surface area contributed by atoms with Gasteiger partial charge in [0.1, 0.15) is 6.10 Å². The van der Waals surface area contributed by atoms with Crippen LogP contribution in [-0.4, -0.2) is 34.4 Å². The van der Waals surface area contributed by atoms with Crippen molar-refractivity contribution in [3.8, 4) is 6.07 Å². The summed E-state index contributed by atoms with van der Waals surface area (Å²) in [6, 6.07) is 17.3. The molecule has 3 N–H and O–H groups in total. The van der Waals surface area contributed by atoms with E-state index in [1.165, 1.54) is 6.07 Å². The highest BCUT2D eigenvalue weighted by Crippen LogP contribution is 2.35. The lowest BCUT2D eigenvalue weighted by Gasteiger charge is -2.24. The van der Waals surface area contributed by atoms with E-state index in [0.717, 1.165) is 5.56 Å². The lowest BCUT2D eigenvalue weighted by Crippen LogP contribution is -2.45. The first kappa shape index (κ1) is 16.2. The third-order valence-corrected chi connectivity index (χ3v) is 4.47. The Bertz CT molecular complexity index is 770. The number of carbonyl (C=O) groups is 1. The summed E-state index contributed by atoms with van der Waals surface area (Å²) in [5, 5.41) is 32.0. The van der Waals surface area contributed by atoms with Crippen molar-refractivity contribution in [3.63, 3.8) is 0 Å². The number of amides is 1. The van der Waals surface area contributed by atoms with Gasteiger partial charge in [0, 0.05) is 11.5 Å². The lowest BCUT2D eigenvalue weighted by atomic mass is 9.93. The Balaban J connectivity index is 1.83. The minimum Gasteiger partial charge on any atom is -0.390 e. The lowest BCUT2D eigenvalue weighted by molar-refractivity contribution is 0.0294. The van der Waals surface area contributed by atoms with Gasteiger partial charge in [0.25, 0.3) is 5.91 Å². The number of nitriles is 1. The molecule has 1 fully saturated rings. The molecule has 0 heterocycles. The van der Waals surface area contributed by atoms with Gasteiger partial charge in [0.2, 0.25) is 0 Å². The number of hydrogen-bond acceptors (Lipinski definition) is 4. The minimum atomic E-state index is -1.03. The average Bonchev–Trinajstić information content (AvgIpc) is 2.91. The molecule has 0 aromatic heterocycles. The number of aliphatic hydroxyl groups is 2. The van der Waals surface area contributed by atoms with E-state index in [9.17, 15) is 15.0 Å². The van der Waals surface area contributed by atoms with Crippen LogP contribution in [0.25, 0.3) is 0 Å². The maximum absolute atomic E-state index is 12.5. The zero-order valence-corrected chi connectivity index (χ0v) is 13.0. The smallest absolute Gasteiger partial charge is 0.251 e. The molecule has 122 valence electrons. The summed E-state index contributed by atoms with van der Waals surface area (Å²) in [5.41, 5.74) is 1.72. The molecule has 3 rings (SSSR count). The fourth-order valence-corrected chi connectivity index (χ4v) is 3.22. The number of rotatable bonds is 3. The van der Waals surface area contributed by atoms with Gasteiger partial charge in [-0.05, 0) is 30.2 Å². The molecule has 24 heavy (non-hydrogen) atoms. The topological polar surface area (TPSA) is 93.4 Å². The summed E-state index contributed by atoms with van der Waals surface area (Å²) in [6.45, 7) is 0. The fourth-order valence-electron chi connectivity index (χ4n) is 3.22. The van der Waals surface area contributed by atoms with E-state index in [1.54, 1.807) is 18.2 Å². The molecule has 5 heteroatoms. The van der Waals surface area contributed by atoms with Crippen molar-refractivity contribution in [1.29, 1.82) is 5.26 Å². The molecule has 1 amide bonds. The van der Waals surface area contributed by atoms with Crippen LogP contribution in [0.4, 0.5) is 0 Å². The quantitative estimate of drug-likeness (QED) is 0.799. The molecule has 2 aromatic carbocycles. The SMILES string of the molecule is N#Cc1cccc(C(=O)N[C@H]2[C@H](O)[C@H](O)C[C@@H]2c2ccccc2)c1. The van der Waals surface area contributed by atoms with Crippen molar-refractivity contribution >= 4 is 5.91 Å². The Morgan fingerprint density at radius 1 is 1.12 bits per heavy atom. The molecule has 0 radical (unpaired) electrons. The van der Waals surface area contributed by atoms with Crippen LogP contribution in [-0.2, 0) is 0 Å².